The first kappa shape index (κ1) is 17.3. The van der Waals surface area contributed by atoms with E-state index in [1.54, 1.807) is 11.3 Å². The number of hydrogen-bond donors (Lipinski definition) is 2. The van der Waals surface area contributed by atoms with Crippen molar-refractivity contribution in [2.75, 3.05) is 36.4 Å². The Hall–Kier alpha value is -2.12. The van der Waals surface area contributed by atoms with E-state index in [1.807, 2.05) is 4.52 Å². The van der Waals surface area contributed by atoms with E-state index >= 15 is 0 Å². The molecule has 26 heavy (non-hydrogen) atoms. The zero-order valence-corrected chi connectivity index (χ0v) is 16.7. The van der Waals surface area contributed by atoms with Crippen LogP contribution in [-0.4, -0.2) is 46.3 Å². The number of benzene rings is 1. The summed E-state index contributed by atoms with van der Waals surface area (Å²) in [4.78, 5) is 8.23. The van der Waals surface area contributed by atoms with Crippen LogP contribution in [0.4, 0.5) is 10.9 Å². The van der Waals surface area contributed by atoms with Crippen molar-refractivity contribution >= 4 is 27.2 Å². The molecule has 6 nitrogen and oxygen atoms in total. The zero-order valence-electron chi connectivity index (χ0n) is 15.8. The van der Waals surface area contributed by atoms with Crippen molar-refractivity contribution in [3.8, 4) is 11.3 Å². The first-order valence-electron chi connectivity index (χ1n) is 9.12. The molecular formula is C19H26N6S. The standard InChI is InChI=1S/C19H26N6S/c1-13-7-5-6-8-14(13)15-16(22-19(2,3)4)25-17(21-15)26-18(23-25)24-11-9-20-10-12-24/h5-8,20,22H,9-12H2,1-4H3. The molecule has 1 aliphatic heterocycles. The zero-order chi connectivity index (χ0) is 18.3. The number of imidazole rings is 1. The van der Waals surface area contributed by atoms with Crippen LogP contribution in [0, 0.1) is 6.92 Å². The number of aryl methyl sites for hydroxylation is 1. The van der Waals surface area contributed by atoms with Gasteiger partial charge in [-0.25, -0.2) is 4.98 Å². The topological polar surface area (TPSA) is 57.5 Å². The largest absolute Gasteiger partial charge is 0.364 e. The summed E-state index contributed by atoms with van der Waals surface area (Å²) in [5.41, 5.74) is 3.27. The number of piperazine rings is 1. The highest BCUT2D eigenvalue weighted by Crippen LogP contribution is 2.35. The molecule has 0 atom stereocenters. The molecule has 0 saturated carbocycles. The molecule has 0 aliphatic carbocycles. The summed E-state index contributed by atoms with van der Waals surface area (Å²) in [6.07, 6.45) is 0. The van der Waals surface area contributed by atoms with Crippen LogP contribution < -0.4 is 15.5 Å². The Kier molecular flexibility index (Phi) is 4.36. The van der Waals surface area contributed by atoms with Crippen molar-refractivity contribution in [2.45, 2.75) is 33.2 Å². The predicted octanol–water partition coefficient (Wildman–Crippen LogP) is 3.39. The van der Waals surface area contributed by atoms with Gasteiger partial charge in [-0.05, 0) is 33.3 Å². The molecule has 0 bridgehead atoms. The van der Waals surface area contributed by atoms with Gasteiger partial charge in [0.2, 0.25) is 10.1 Å². The molecule has 2 N–H and O–H groups in total. The smallest absolute Gasteiger partial charge is 0.216 e. The van der Waals surface area contributed by atoms with Gasteiger partial charge in [0.25, 0.3) is 0 Å². The quantitative estimate of drug-likeness (QED) is 0.740. The van der Waals surface area contributed by atoms with Gasteiger partial charge in [0, 0.05) is 37.3 Å². The van der Waals surface area contributed by atoms with Crippen molar-refractivity contribution < 1.29 is 0 Å². The summed E-state index contributed by atoms with van der Waals surface area (Å²) in [5, 5.41) is 13.0. The van der Waals surface area contributed by atoms with Crippen LogP contribution in [0.5, 0.6) is 0 Å². The van der Waals surface area contributed by atoms with Gasteiger partial charge in [-0.3, -0.25) is 0 Å². The molecule has 0 amide bonds. The van der Waals surface area contributed by atoms with Crippen molar-refractivity contribution in [3.05, 3.63) is 29.8 Å². The van der Waals surface area contributed by atoms with Crippen LogP contribution in [0.25, 0.3) is 16.2 Å². The first-order valence-corrected chi connectivity index (χ1v) is 9.93. The Morgan fingerprint density at radius 3 is 2.58 bits per heavy atom. The van der Waals surface area contributed by atoms with Crippen LogP contribution in [-0.2, 0) is 0 Å². The molecule has 4 rings (SSSR count). The molecule has 1 saturated heterocycles. The highest BCUT2D eigenvalue weighted by Gasteiger charge is 2.24. The van der Waals surface area contributed by atoms with E-state index in [0.29, 0.717) is 0 Å². The van der Waals surface area contributed by atoms with Crippen molar-refractivity contribution in [2.24, 2.45) is 0 Å². The minimum atomic E-state index is -0.0772. The third-order valence-corrected chi connectivity index (χ3v) is 5.44. The Bertz CT molecular complexity index is 914. The first-order chi connectivity index (χ1) is 12.4. The number of rotatable bonds is 3. The average Bonchev–Trinajstić information content (AvgIpc) is 3.15. The minimum absolute atomic E-state index is 0.0772. The molecule has 3 heterocycles. The van der Waals surface area contributed by atoms with Crippen LogP contribution in [0.2, 0.25) is 0 Å². The molecule has 3 aromatic rings. The number of nitrogens with one attached hydrogen (secondary N) is 2. The maximum atomic E-state index is 4.96. The number of aromatic nitrogens is 3. The number of fused-ring (bicyclic) bond motifs is 1. The molecule has 138 valence electrons. The van der Waals surface area contributed by atoms with Gasteiger partial charge in [0.15, 0.2) is 5.82 Å². The molecule has 7 heteroatoms. The lowest BCUT2D eigenvalue weighted by molar-refractivity contribution is 0.585. The van der Waals surface area contributed by atoms with E-state index in [2.05, 4.69) is 67.5 Å². The summed E-state index contributed by atoms with van der Waals surface area (Å²) in [6.45, 7) is 12.6. The highest BCUT2D eigenvalue weighted by molar-refractivity contribution is 7.20. The van der Waals surface area contributed by atoms with Crippen LogP contribution in [0.1, 0.15) is 26.3 Å². The fourth-order valence-electron chi connectivity index (χ4n) is 3.22. The van der Waals surface area contributed by atoms with Crippen molar-refractivity contribution in [3.63, 3.8) is 0 Å². The van der Waals surface area contributed by atoms with Crippen LogP contribution in [0.15, 0.2) is 24.3 Å². The van der Waals surface area contributed by atoms with E-state index in [-0.39, 0.29) is 5.54 Å². The summed E-state index contributed by atoms with van der Waals surface area (Å²) < 4.78 is 1.98. The monoisotopic (exact) mass is 370 g/mol. The normalized spacial score (nSPS) is 15.6. The SMILES string of the molecule is Cc1ccccc1-c1nc2sc(N3CCNCC3)nn2c1NC(C)(C)C. The Labute approximate surface area is 158 Å². The average molecular weight is 371 g/mol. The summed E-state index contributed by atoms with van der Waals surface area (Å²) in [7, 11) is 0. The lowest BCUT2D eigenvalue weighted by atomic mass is 10.0. The fourth-order valence-corrected chi connectivity index (χ4v) is 4.17. The predicted molar refractivity (Wildman–Crippen MR) is 109 cm³/mol. The molecule has 0 spiro atoms. The van der Waals surface area contributed by atoms with Crippen LogP contribution >= 0.6 is 11.3 Å². The molecule has 1 aliphatic rings. The third-order valence-electron chi connectivity index (χ3n) is 4.47. The fraction of sp³-hybridized carbons (Fsp3) is 0.474. The molecular weight excluding hydrogens is 344 g/mol. The van der Waals surface area contributed by atoms with E-state index in [1.165, 1.54) is 5.56 Å². The van der Waals surface area contributed by atoms with Gasteiger partial charge in [-0.2, -0.15) is 4.52 Å². The molecule has 1 fully saturated rings. The second-order valence-corrected chi connectivity index (χ2v) is 8.75. The van der Waals surface area contributed by atoms with Gasteiger partial charge >= 0.3 is 0 Å². The number of hydrogen-bond acceptors (Lipinski definition) is 6. The van der Waals surface area contributed by atoms with Gasteiger partial charge in [-0.15, -0.1) is 5.10 Å². The molecule has 2 aromatic heterocycles. The van der Waals surface area contributed by atoms with Crippen molar-refractivity contribution in [1.29, 1.82) is 0 Å². The van der Waals surface area contributed by atoms with E-state index < -0.39 is 0 Å². The summed E-state index contributed by atoms with van der Waals surface area (Å²) >= 11 is 1.66. The Morgan fingerprint density at radius 1 is 1.15 bits per heavy atom. The minimum Gasteiger partial charge on any atom is -0.364 e. The van der Waals surface area contributed by atoms with E-state index in [0.717, 1.165) is 53.3 Å². The van der Waals surface area contributed by atoms with Crippen molar-refractivity contribution in [1.82, 2.24) is 19.9 Å². The molecule has 1 aromatic carbocycles. The third kappa shape index (κ3) is 3.29. The van der Waals surface area contributed by atoms with Gasteiger partial charge in [0.05, 0.1) is 0 Å². The molecule has 0 unspecified atom stereocenters. The van der Waals surface area contributed by atoms with E-state index in [9.17, 15) is 0 Å². The number of anilines is 2. The second-order valence-electron chi connectivity index (χ2n) is 7.82. The Balaban J connectivity index is 1.83. The maximum absolute atomic E-state index is 4.96. The van der Waals surface area contributed by atoms with Crippen LogP contribution in [0.3, 0.4) is 0 Å². The summed E-state index contributed by atoms with van der Waals surface area (Å²) in [5.74, 6) is 0.972. The Morgan fingerprint density at radius 2 is 1.88 bits per heavy atom. The highest BCUT2D eigenvalue weighted by atomic mass is 32.1. The number of nitrogens with zero attached hydrogens (tertiary/aromatic N) is 4. The van der Waals surface area contributed by atoms with Gasteiger partial charge in [0.1, 0.15) is 5.69 Å². The lowest BCUT2D eigenvalue weighted by Crippen LogP contribution is -2.43. The van der Waals surface area contributed by atoms with Gasteiger partial charge < -0.3 is 15.5 Å². The lowest BCUT2D eigenvalue weighted by Gasteiger charge is -2.26. The molecule has 0 radical (unpaired) electrons. The van der Waals surface area contributed by atoms with Gasteiger partial charge in [-0.1, -0.05) is 35.6 Å². The van der Waals surface area contributed by atoms with E-state index in [4.69, 9.17) is 10.1 Å². The maximum Gasteiger partial charge on any atom is 0.216 e. The second kappa shape index (κ2) is 6.55. The summed E-state index contributed by atoms with van der Waals surface area (Å²) in [6, 6.07) is 8.39.